The summed E-state index contributed by atoms with van der Waals surface area (Å²) in [7, 11) is 0. The molecule has 0 aliphatic carbocycles. The summed E-state index contributed by atoms with van der Waals surface area (Å²) in [4.78, 5) is 51.5. The summed E-state index contributed by atoms with van der Waals surface area (Å²) >= 11 is 0. The Hall–Kier alpha value is -3.14. The molecule has 1 aromatic carbocycles. The Bertz CT molecular complexity index is 987. The Morgan fingerprint density at radius 3 is 2.67 bits per heavy atom. The number of carbonyl (C=O) groups is 4. The summed E-state index contributed by atoms with van der Waals surface area (Å²) in [6.07, 6.45) is -0.569. The molecule has 3 heterocycles. The van der Waals surface area contributed by atoms with Crippen LogP contribution in [0.25, 0.3) is 0 Å². The van der Waals surface area contributed by atoms with Crippen LogP contribution in [0.3, 0.4) is 0 Å². The number of aliphatic hydroxyl groups is 1. The molecule has 3 atom stereocenters. The molecule has 0 radical (unpaired) electrons. The van der Waals surface area contributed by atoms with Crippen molar-refractivity contribution in [2.45, 2.75) is 57.9 Å². The van der Waals surface area contributed by atoms with Gasteiger partial charge in [-0.15, -0.1) is 0 Å². The lowest BCUT2D eigenvalue weighted by molar-refractivity contribution is -0.139. The third-order valence-corrected chi connectivity index (χ3v) is 6.00. The molecule has 3 aliphatic rings. The minimum absolute atomic E-state index is 0.110. The molecule has 33 heavy (non-hydrogen) atoms. The first-order valence-electron chi connectivity index (χ1n) is 11.1. The van der Waals surface area contributed by atoms with Crippen LogP contribution in [0.2, 0.25) is 0 Å². The Balaban J connectivity index is 1.37. The second-order valence-electron chi connectivity index (χ2n) is 9.69. The van der Waals surface area contributed by atoms with Gasteiger partial charge in [0.2, 0.25) is 11.8 Å². The number of hydrogen-bond acceptors (Lipinski definition) is 7. The van der Waals surface area contributed by atoms with Crippen LogP contribution in [0.15, 0.2) is 18.2 Å². The fraction of sp³-hybridized carbons (Fsp3) is 0.565. The van der Waals surface area contributed by atoms with Crippen LogP contribution in [0.1, 0.15) is 62.2 Å². The van der Waals surface area contributed by atoms with Crippen LogP contribution < -0.4 is 10.1 Å². The van der Waals surface area contributed by atoms with E-state index in [2.05, 4.69) is 5.32 Å². The minimum Gasteiger partial charge on any atom is -0.493 e. The van der Waals surface area contributed by atoms with Gasteiger partial charge in [0.25, 0.3) is 5.91 Å². The molecule has 0 aromatic heterocycles. The van der Waals surface area contributed by atoms with Gasteiger partial charge in [-0.1, -0.05) is 0 Å². The minimum atomic E-state index is -1.30. The summed E-state index contributed by atoms with van der Waals surface area (Å²) in [6.45, 7) is 6.99. The SMILES string of the molecule is CC(C)(C)OC(=O)N1CC[C@@H](COc2ccc3c(c2)C(O)N(C2CCC(=O)NC2=O)C3=O)C1. The average Bonchev–Trinajstić information content (AvgIpc) is 3.30. The number of carbonyl (C=O) groups excluding carboxylic acids is 4. The summed E-state index contributed by atoms with van der Waals surface area (Å²) in [5, 5.41) is 13.0. The van der Waals surface area contributed by atoms with Crippen LogP contribution in [-0.4, -0.2) is 70.1 Å². The fourth-order valence-electron chi connectivity index (χ4n) is 4.37. The Morgan fingerprint density at radius 2 is 1.97 bits per heavy atom. The van der Waals surface area contributed by atoms with Crippen molar-refractivity contribution < 1.29 is 33.8 Å². The maximum absolute atomic E-state index is 12.8. The quantitative estimate of drug-likeness (QED) is 0.655. The van der Waals surface area contributed by atoms with Gasteiger partial charge < -0.3 is 19.5 Å². The first-order valence-corrected chi connectivity index (χ1v) is 11.1. The molecule has 4 rings (SSSR count). The number of benzene rings is 1. The molecule has 0 saturated carbocycles. The zero-order chi connectivity index (χ0) is 23.9. The molecular formula is C23H29N3O7. The van der Waals surface area contributed by atoms with Crippen LogP contribution in [-0.2, 0) is 14.3 Å². The van der Waals surface area contributed by atoms with Gasteiger partial charge in [-0.2, -0.15) is 0 Å². The van der Waals surface area contributed by atoms with Gasteiger partial charge in [0.05, 0.1) is 6.61 Å². The van der Waals surface area contributed by atoms with Crippen molar-refractivity contribution in [1.29, 1.82) is 0 Å². The first-order chi connectivity index (χ1) is 15.5. The van der Waals surface area contributed by atoms with Crippen molar-refractivity contribution in [3.05, 3.63) is 29.3 Å². The average molecular weight is 459 g/mol. The van der Waals surface area contributed by atoms with Crippen molar-refractivity contribution in [3.8, 4) is 5.75 Å². The summed E-state index contributed by atoms with van der Waals surface area (Å²) in [6, 6.07) is 3.92. The Morgan fingerprint density at radius 1 is 1.21 bits per heavy atom. The number of likely N-dealkylation sites (tertiary alicyclic amines) is 1. The Kier molecular flexibility index (Phi) is 6.04. The Labute approximate surface area is 191 Å². The number of nitrogens with one attached hydrogen (secondary N) is 1. The highest BCUT2D eigenvalue weighted by molar-refractivity contribution is 6.05. The van der Waals surface area contributed by atoms with Crippen molar-refractivity contribution in [2.75, 3.05) is 19.7 Å². The van der Waals surface area contributed by atoms with Crippen molar-refractivity contribution >= 4 is 23.8 Å². The van der Waals surface area contributed by atoms with Gasteiger partial charge >= 0.3 is 6.09 Å². The zero-order valence-electron chi connectivity index (χ0n) is 19.0. The van der Waals surface area contributed by atoms with E-state index in [1.807, 2.05) is 20.8 Å². The third kappa shape index (κ3) is 4.80. The first kappa shape index (κ1) is 23.0. The highest BCUT2D eigenvalue weighted by Gasteiger charge is 2.44. The molecule has 2 unspecified atom stereocenters. The molecule has 178 valence electrons. The van der Waals surface area contributed by atoms with E-state index in [0.717, 1.165) is 11.3 Å². The molecule has 2 fully saturated rings. The van der Waals surface area contributed by atoms with Crippen molar-refractivity contribution in [2.24, 2.45) is 5.92 Å². The third-order valence-electron chi connectivity index (χ3n) is 6.00. The molecular weight excluding hydrogens is 430 g/mol. The van der Waals surface area contributed by atoms with E-state index in [0.29, 0.717) is 36.6 Å². The number of amides is 4. The molecule has 4 amide bonds. The molecule has 0 bridgehead atoms. The monoisotopic (exact) mass is 459 g/mol. The maximum Gasteiger partial charge on any atom is 0.410 e. The van der Waals surface area contributed by atoms with Crippen LogP contribution in [0, 0.1) is 5.92 Å². The van der Waals surface area contributed by atoms with Gasteiger partial charge in [-0.25, -0.2) is 4.79 Å². The standard InChI is InChI=1S/C23H29N3O7/c1-23(2,3)33-22(31)25-9-8-13(11-25)12-32-14-4-5-15-16(10-14)21(30)26(20(15)29)17-6-7-18(27)24-19(17)28/h4-5,10,13,17,21,30H,6-9,11-12H2,1-3H3,(H,24,27,28)/t13-,17?,21?/m1/s1. The number of ether oxygens (including phenoxy) is 2. The van der Waals surface area contributed by atoms with Gasteiger partial charge in [0.1, 0.15) is 17.4 Å². The number of fused-ring (bicyclic) bond motifs is 1. The van der Waals surface area contributed by atoms with Crippen LogP contribution in [0.5, 0.6) is 5.75 Å². The second-order valence-corrected chi connectivity index (χ2v) is 9.69. The van der Waals surface area contributed by atoms with Gasteiger partial charge in [0.15, 0.2) is 6.23 Å². The maximum atomic E-state index is 12.8. The summed E-state index contributed by atoms with van der Waals surface area (Å²) in [5.41, 5.74) is 0.122. The second kappa shape index (κ2) is 8.66. The molecule has 0 spiro atoms. The van der Waals surface area contributed by atoms with Crippen LogP contribution in [0.4, 0.5) is 4.79 Å². The van der Waals surface area contributed by atoms with Gasteiger partial charge in [-0.05, 0) is 51.8 Å². The summed E-state index contributed by atoms with van der Waals surface area (Å²) in [5.74, 6) is -0.803. The predicted octanol–water partition coefficient (Wildman–Crippen LogP) is 1.57. The van der Waals surface area contributed by atoms with Gasteiger partial charge in [0, 0.05) is 36.6 Å². The number of aliphatic hydroxyl groups excluding tert-OH is 1. The van der Waals surface area contributed by atoms with E-state index in [-0.39, 0.29) is 30.8 Å². The topological polar surface area (TPSA) is 125 Å². The highest BCUT2D eigenvalue weighted by Crippen LogP contribution is 2.37. The van der Waals surface area contributed by atoms with E-state index >= 15 is 0 Å². The fourth-order valence-corrected chi connectivity index (χ4v) is 4.37. The van der Waals surface area contributed by atoms with E-state index in [9.17, 15) is 24.3 Å². The molecule has 3 aliphatic heterocycles. The molecule has 10 heteroatoms. The molecule has 2 saturated heterocycles. The normalized spacial score (nSPS) is 25.2. The molecule has 2 N–H and O–H groups in total. The van der Waals surface area contributed by atoms with E-state index in [4.69, 9.17) is 9.47 Å². The predicted molar refractivity (Wildman–Crippen MR) is 115 cm³/mol. The molecule has 10 nitrogen and oxygen atoms in total. The van der Waals surface area contributed by atoms with Crippen molar-refractivity contribution in [1.82, 2.24) is 15.1 Å². The smallest absolute Gasteiger partial charge is 0.410 e. The number of hydrogen-bond donors (Lipinski definition) is 2. The van der Waals surface area contributed by atoms with E-state index in [1.54, 1.807) is 23.1 Å². The number of nitrogens with zero attached hydrogens (tertiary/aromatic N) is 2. The van der Waals surface area contributed by atoms with Gasteiger partial charge in [-0.3, -0.25) is 24.6 Å². The van der Waals surface area contributed by atoms with E-state index in [1.165, 1.54) is 0 Å². The van der Waals surface area contributed by atoms with Crippen LogP contribution >= 0.6 is 0 Å². The molecule has 1 aromatic rings. The number of piperidine rings is 1. The van der Waals surface area contributed by atoms with E-state index < -0.39 is 29.7 Å². The lowest BCUT2D eigenvalue weighted by Crippen LogP contribution is -2.53. The number of rotatable bonds is 4. The lowest BCUT2D eigenvalue weighted by atomic mass is 10.0. The zero-order valence-corrected chi connectivity index (χ0v) is 19.0. The largest absolute Gasteiger partial charge is 0.493 e. The van der Waals surface area contributed by atoms with Crippen molar-refractivity contribution in [3.63, 3.8) is 0 Å². The summed E-state index contributed by atoms with van der Waals surface area (Å²) < 4.78 is 11.3. The number of imide groups is 1. The highest BCUT2D eigenvalue weighted by atomic mass is 16.6. The lowest BCUT2D eigenvalue weighted by Gasteiger charge is -2.31.